The molecule has 1 saturated heterocycles. The summed E-state index contributed by atoms with van der Waals surface area (Å²) in [7, 11) is 0. The topological polar surface area (TPSA) is 26.5 Å². The average Bonchev–Trinajstić information content (AvgIpc) is 2.84. The molecule has 0 aliphatic carbocycles. The fourth-order valence-electron chi connectivity index (χ4n) is 1.95. The maximum absolute atomic E-state index is 5.91. The molecule has 2 aromatic heterocycles. The van der Waals surface area contributed by atoms with E-state index in [1.54, 1.807) is 0 Å². The number of hydrogen-bond donors (Lipinski definition) is 0. The van der Waals surface area contributed by atoms with Crippen LogP contribution in [0.2, 0.25) is 5.02 Å². The highest BCUT2D eigenvalue weighted by Gasteiger charge is 2.20. The van der Waals surface area contributed by atoms with Gasteiger partial charge in [-0.25, -0.2) is 4.98 Å². The van der Waals surface area contributed by atoms with Gasteiger partial charge in [0, 0.05) is 24.9 Å². The van der Waals surface area contributed by atoms with Crippen molar-refractivity contribution in [2.75, 3.05) is 13.2 Å². The monoisotopic (exact) mass is 222 g/mol. The molecule has 1 fully saturated rings. The number of nitrogens with zero attached hydrogens (tertiary/aromatic N) is 2. The minimum atomic E-state index is 0.448. The van der Waals surface area contributed by atoms with E-state index in [-0.39, 0.29) is 0 Å². The predicted molar refractivity (Wildman–Crippen MR) is 58.4 cm³/mol. The average molecular weight is 223 g/mol. The Morgan fingerprint density at radius 1 is 1.40 bits per heavy atom. The van der Waals surface area contributed by atoms with Crippen LogP contribution in [0.15, 0.2) is 24.5 Å². The Morgan fingerprint density at radius 2 is 2.33 bits per heavy atom. The van der Waals surface area contributed by atoms with Crippen molar-refractivity contribution in [2.45, 2.75) is 12.3 Å². The molecule has 0 spiro atoms. The molecule has 1 unspecified atom stereocenters. The van der Waals surface area contributed by atoms with E-state index < -0.39 is 0 Å². The Morgan fingerprint density at radius 3 is 3.13 bits per heavy atom. The lowest BCUT2D eigenvalue weighted by Gasteiger charge is -2.00. The minimum absolute atomic E-state index is 0.448. The van der Waals surface area contributed by atoms with E-state index in [1.165, 1.54) is 0 Å². The van der Waals surface area contributed by atoms with Gasteiger partial charge in [-0.05, 0) is 18.6 Å². The summed E-state index contributed by atoms with van der Waals surface area (Å²) in [6.45, 7) is 1.64. The predicted octanol–water partition coefficient (Wildman–Crippen LogP) is 2.49. The molecular weight excluding hydrogens is 212 g/mol. The summed E-state index contributed by atoms with van der Waals surface area (Å²) in [5, 5.41) is 0.731. The molecule has 15 heavy (non-hydrogen) atoms. The first-order valence-corrected chi connectivity index (χ1v) is 5.42. The fraction of sp³-hybridized carbons (Fsp3) is 0.364. The van der Waals surface area contributed by atoms with Crippen LogP contribution in [0.5, 0.6) is 0 Å². The van der Waals surface area contributed by atoms with E-state index in [2.05, 4.69) is 4.98 Å². The van der Waals surface area contributed by atoms with Crippen LogP contribution in [-0.4, -0.2) is 22.6 Å². The quantitative estimate of drug-likeness (QED) is 0.741. The van der Waals surface area contributed by atoms with Crippen molar-refractivity contribution in [3.8, 4) is 0 Å². The molecule has 1 aliphatic rings. The van der Waals surface area contributed by atoms with Crippen LogP contribution in [0.3, 0.4) is 0 Å². The second kappa shape index (κ2) is 3.51. The Balaban J connectivity index is 2.05. The Hall–Kier alpha value is -1.06. The standard InChI is InChI=1S/C11H11ClN2O/c12-9-1-2-11-13-10(6-14(11)5-9)8-3-4-15-7-8/h1-2,5-6,8H,3-4,7H2. The summed E-state index contributed by atoms with van der Waals surface area (Å²) in [6, 6.07) is 3.79. The van der Waals surface area contributed by atoms with Gasteiger partial charge >= 0.3 is 0 Å². The molecule has 0 amide bonds. The van der Waals surface area contributed by atoms with Crippen molar-refractivity contribution < 1.29 is 4.74 Å². The number of pyridine rings is 1. The smallest absolute Gasteiger partial charge is 0.137 e. The molecule has 78 valence electrons. The number of fused-ring (bicyclic) bond motifs is 1. The van der Waals surface area contributed by atoms with Gasteiger partial charge in [-0.3, -0.25) is 0 Å². The first-order chi connectivity index (χ1) is 7.33. The van der Waals surface area contributed by atoms with E-state index in [0.29, 0.717) is 5.92 Å². The van der Waals surface area contributed by atoms with Gasteiger partial charge in [0.05, 0.1) is 17.3 Å². The Bertz CT molecular complexity index is 488. The molecule has 1 aliphatic heterocycles. The first kappa shape index (κ1) is 9.19. The van der Waals surface area contributed by atoms with Crippen molar-refractivity contribution >= 4 is 17.2 Å². The fourth-order valence-corrected chi connectivity index (χ4v) is 2.12. The van der Waals surface area contributed by atoms with Gasteiger partial charge in [0.2, 0.25) is 0 Å². The second-order valence-electron chi connectivity index (χ2n) is 3.84. The van der Waals surface area contributed by atoms with Gasteiger partial charge in [0.1, 0.15) is 5.65 Å². The molecule has 1 atom stereocenters. The number of hydrogen-bond acceptors (Lipinski definition) is 2. The third-order valence-electron chi connectivity index (χ3n) is 2.78. The van der Waals surface area contributed by atoms with Crippen LogP contribution in [-0.2, 0) is 4.74 Å². The summed E-state index contributed by atoms with van der Waals surface area (Å²) < 4.78 is 7.32. The molecule has 0 radical (unpaired) electrons. The largest absolute Gasteiger partial charge is 0.381 e. The SMILES string of the molecule is Clc1ccc2nc(C3CCOC3)cn2c1. The normalized spacial score (nSPS) is 21.3. The third-order valence-corrected chi connectivity index (χ3v) is 3.01. The zero-order valence-corrected chi connectivity index (χ0v) is 8.94. The van der Waals surface area contributed by atoms with E-state index in [9.17, 15) is 0 Å². The van der Waals surface area contributed by atoms with Crippen molar-refractivity contribution in [2.24, 2.45) is 0 Å². The van der Waals surface area contributed by atoms with Gasteiger partial charge in [0.15, 0.2) is 0 Å². The molecule has 3 rings (SSSR count). The van der Waals surface area contributed by atoms with Crippen LogP contribution in [0.1, 0.15) is 18.0 Å². The lowest BCUT2D eigenvalue weighted by Crippen LogP contribution is -1.96. The highest BCUT2D eigenvalue weighted by Crippen LogP contribution is 2.25. The molecule has 4 heteroatoms. The van der Waals surface area contributed by atoms with Crippen molar-refractivity contribution in [1.29, 1.82) is 0 Å². The molecule has 3 heterocycles. The van der Waals surface area contributed by atoms with E-state index in [1.807, 2.05) is 28.9 Å². The van der Waals surface area contributed by atoms with E-state index in [0.717, 1.165) is 36.0 Å². The number of halogens is 1. The molecule has 0 aromatic carbocycles. The van der Waals surface area contributed by atoms with Crippen LogP contribution >= 0.6 is 11.6 Å². The highest BCUT2D eigenvalue weighted by molar-refractivity contribution is 6.30. The van der Waals surface area contributed by atoms with Gasteiger partial charge in [0.25, 0.3) is 0 Å². The van der Waals surface area contributed by atoms with Gasteiger partial charge in [-0.2, -0.15) is 0 Å². The molecule has 2 aromatic rings. The van der Waals surface area contributed by atoms with E-state index in [4.69, 9.17) is 16.3 Å². The third kappa shape index (κ3) is 1.62. The Kier molecular flexibility index (Phi) is 2.15. The summed E-state index contributed by atoms with van der Waals surface area (Å²) in [4.78, 5) is 4.56. The zero-order chi connectivity index (χ0) is 10.3. The van der Waals surface area contributed by atoms with Gasteiger partial charge in [-0.1, -0.05) is 11.6 Å². The number of imidazole rings is 1. The lowest BCUT2D eigenvalue weighted by molar-refractivity contribution is 0.193. The summed E-state index contributed by atoms with van der Waals surface area (Å²) in [5.41, 5.74) is 2.05. The van der Waals surface area contributed by atoms with Gasteiger partial charge < -0.3 is 9.14 Å². The first-order valence-electron chi connectivity index (χ1n) is 5.05. The summed E-state index contributed by atoms with van der Waals surface area (Å²) in [6.07, 6.45) is 4.99. The second-order valence-corrected chi connectivity index (χ2v) is 4.28. The molecule has 0 bridgehead atoms. The summed E-state index contributed by atoms with van der Waals surface area (Å²) >= 11 is 5.91. The van der Waals surface area contributed by atoms with Crippen LogP contribution < -0.4 is 0 Å². The van der Waals surface area contributed by atoms with Crippen molar-refractivity contribution in [1.82, 2.24) is 9.38 Å². The van der Waals surface area contributed by atoms with Gasteiger partial charge in [-0.15, -0.1) is 0 Å². The molecule has 0 saturated carbocycles. The maximum Gasteiger partial charge on any atom is 0.137 e. The zero-order valence-electron chi connectivity index (χ0n) is 8.19. The van der Waals surface area contributed by atoms with E-state index >= 15 is 0 Å². The van der Waals surface area contributed by atoms with Crippen molar-refractivity contribution in [3.05, 3.63) is 35.2 Å². The number of rotatable bonds is 1. The number of ether oxygens (including phenoxy) is 1. The summed E-state index contributed by atoms with van der Waals surface area (Å²) in [5.74, 6) is 0.448. The maximum atomic E-state index is 5.91. The minimum Gasteiger partial charge on any atom is -0.381 e. The van der Waals surface area contributed by atoms with Crippen molar-refractivity contribution in [3.63, 3.8) is 0 Å². The molecular formula is C11H11ClN2O. The molecule has 0 N–H and O–H groups in total. The van der Waals surface area contributed by atoms with Crippen LogP contribution in [0, 0.1) is 0 Å². The highest BCUT2D eigenvalue weighted by atomic mass is 35.5. The van der Waals surface area contributed by atoms with Crippen LogP contribution in [0.4, 0.5) is 0 Å². The Labute approximate surface area is 92.6 Å². The number of aromatic nitrogens is 2. The molecule has 3 nitrogen and oxygen atoms in total. The lowest BCUT2D eigenvalue weighted by atomic mass is 10.1. The van der Waals surface area contributed by atoms with Crippen LogP contribution in [0.25, 0.3) is 5.65 Å².